The lowest BCUT2D eigenvalue weighted by atomic mass is 10.1. The van der Waals surface area contributed by atoms with Crippen LogP contribution in [0.3, 0.4) is 0 Å². The Kier molecular flexibility index (Phi) is 6.35. The van der Waals surface area contributed by atoms with E-state index in [9.17, 15) is 14.4 Å². The minimum atomic E-state index is -1.90. The summed E-state index contributed by atoms with van der Waals surface area (Å²) in [6.45, 7) is 11.0. The van der Waals surface area contributed by atoms with Crippen molar-refractivity contribution in [1.82, 2.24) is 10.6 Å². The van der Waals surface area contributed by atoms with E-state index >= 15 is 0 Å². The Hall–Kier alpha value is -1.41. The van der Waals surface area contributed by atoms with Gasteiger partial charge in [0.2, 0.25) is 17.7 Å². The quantitative estimate of drug-likeness (QED) is 0.589. The van der Waals surface area contributed by atoms with Crippen molar-refractivity contribution in [3.8, 4) is 0 Å². The zero-order valence-corrected chi connectivity index (χ0v) is 15.7. The van der Waals surface area contributed by atoms with Crippen LogP contribution >= 0.6 is 0 Å². The molecule has 132 valence electrons. The van der Waals surface area contributed by atoms with E-state index in [4.69, 9.17) is 10.2 Å². The van der Waals surface area contributed by atoms with Gasteiger partial charge in [-0.25, -0.2) is 0 Å². The van der Waals surface area contributed by atoms with Crippen LogP contribution in [0, 0.1) is 0 Å². The predicted molar refractivity (Wildman–Crippen MR) is 90.1 cm³/mol. The molecular weight excluding hydrogens is 314 g/mol. The van der Waals surface area contributed by atoms with E-state index in [2.05, 4.69) is 44.5 Å². The molecule has 3 amide bonds. The van der Waals surface area contributed by atoms with Crippen LogP contribution in [0.4, 0.5) is 0 Å². The Balaban J connectivity index is 2.51. The van der Waals surface area contributed by atoms with Crippen LogP contribution in [0.1, 0.15) is 40.0 Å². The third-order valence-corrected chi connectivity index (χ3v) is 9.19. The summed E-state index contributed by atoms with van der Waals surface area (Å²) in [4.78, 5) is 34.8. The molecule has 4 N–H and O–H groups in total. The molecule has 1 rings (SSSR count). The number of hydrogen-bond acceptors (Lipinski definition) is 4. The van der Waals surface area contributed by atoms with Crippen molar-refractivity contribution < 1.29 is 18.8 Å². The van der Waals surface area contributed by atoms with E-state index < -0.39 is 26.3 Å². The van der Waals surface area contributed by atoms with Gasteiger partial charge in [-0.1, -0.05) is 20.8 Å². The summed E-state index contributed by atoms with van der Waals surface area (Å²) in [5, 5.41) is 5.26. The fourth-order valence-corrected chi connectivity index (χ4v) is 3.08. The fraction of sp³-hybridized carbons (Fsp3) is 0.800. The van der Waals surface area contributed by atoms with Gasteiger partial charge in [-0.2, -0.15) is 0 Å². The molecular formula is C15H29N3O4Si. The number of rotatable bonds is 7. The summed E-state index contributed by atoms with van der Waals surface area (Å²) in [5.41, 5.74) is 5.36. The first-order chi connectivity index (χ1) is 10.4. The molecule has 2 atom stereocenters. The lowest BCUT2D eigenvalue weighted by Gasteiger charge is -2.36. The van der Waals surface area contributed by atoms with Crippen molar-refractivity contribution >= 4 is 26.0 Å². The average molecular weight is 344 g/mol. The summed E-state index contributed by atoms with van der Waals surface area (Å²) >= 11 is 0. The van der Waals surface area contributed by atoms with Gasteiger partial charge in [0.05, 0.1) is 0 Å². The van der Waals surface area contributed by atoms with Gasteiger partial charge in [0.25, 0.3) is 0 Å². The van der Waals surface area contributed by atoms with Crippen molar-refractivity contribution in [3.05, 3.63) is 0 Å². The van der Waals surface area contributed by atoms with Crippen LogP contribution in [0.5, 0.6) is 0 Å². The Morgan fingerprint density at radius 3 is 2.48 bits per heavy atom. The molecule has 0 radical (unpaired) electrons. The number of nitrogens with one attached hydrogen (secondary N) is 2. The molecule has 8 heteroatoms. The van der Waals surface area contributed by atoms with E-state index in [0.717, 1.165) is 0 Å². The summed E-state index contributed by atoms with van der Waals surface area (Å²) < 4.78 is 6.01. The zero-order valence-electron chi connectivity index (χ0n) is 14.7. The zero-order chi connectivity index (χ0) is 17.8. The van der Waals surface area contributed by atoms with Crippen LogP contribution in [0.15, 0.2) is 0 Å². The van der Waals surface area contributed by atoms with Crippen molar-refractivity contribution in [2.75, 3.05) is 6.61 Å². The normalized spacial score (nSPS) is 20.0. The standard InChI is InChI=1S/C15H29N3O4Si/c1-15(2,3)23(4,5)22-9-8-10(13(16)20)18-14(21)11-6-7-12(19)17-11/h10-11H,6-9H2,1-5H3,(H2,16,20)(H,17,19)(H,18,21)/t10-,11-/m0/s1. The number of primary amides is 1. The summed E-state index contributed by atoms with van der Waals surface area (Å²) in [6, 6.07) is -1.37. The minimum Gasteiger partial charge on any atom is -0.417 e. The largest absolute Gasteiger partial charge is 0.417 e. The highest BCUT2D eigenvalue weighted by atomic mass is 28.4. The van der Waals surface area contributed by atoms with Crippen LogP contribution in [-0.4, -0.2) is 44.7 Å². The smallest absolute Gasteiger partial charge is 0.243 e. The highest BCUT2D eigenvalue weighted by Gasteiger charge is 2.37. The second-order valence-electron chi connectivity index (χ2n) is 7.52. The Morgan fingerprint density at radius 2 is 2.04 bits per heavy atom. The molecule has 1 aliphatic heterocycles. The van der Waals surface area contributed by atoms with Gasteiger partial charge in [0.1, 0.15) is 12.1 Å². The number of carbonyl (C=O) groups is 3. The molecule has 0 aromatic carbocycles. The average Bonchev–Trinajstić information content (AvgIpc) is 2.82. The maximum absolute atomic E-state index is 12.1. The third-order valence-electron chi connectivity index (χ3n) is 4.65. The summed E-state index contributed by atoms with van der Waals surface area (Å²) in [5.74, 6) is -1.12. The Bertz CT molecular complexity index is 474. The fourth-order valence-electron chi connectivity index (χ4n) is 2.02. The van der Waals surface area contributed by atoms with E-state index in [-0.39, 0.29) is 16.9 Å². The van der Waals surface area contributed by atoms with Crippen molar-refractivity contribution in [2.45, 2.75) is 70.2 Å². The minimum absolute atomic E-state index is 0.0760. The van der Waals surface area contributed by atoms with Crippen molar-refractivity contribution in [3.63, 3.8) is 0 Å². The van der Waals surface area contributed by atoms with Crippen LogP contribution in [0.2, 0.25) is 18.1 Å². The predicted octanol–water partition coefficient (Wildman–Crippen LogP) is 0.647. The third kappa shape index (κ3) is 5.62. The van der Waals surface area contributed by atoms with Crippen molar-refractivity contribution in [2.24, 2.45) is 5.73 Å². The van der Waals surface area contributed by atoms with Crippen LogP contribution < -0.4 is 16.4 Å². The van der Waals surface area contributed by atoms with E-state index in [1.807, 2.05) is 0 Å². The monoisotopic (exact) mass is 343 g/mol. The van der Waals surface area contributed by atoms with Crippen molar-refractivity contribution in [1.29, 1.82) is 0 Å². The number of hydrogen-bond donors (Lipinski definition) is 3. The molecule has 0 aromatic rings. The molecule has 1 aliphatic rings. The van der Waals surface area contributed by atoms with E-state index in [1.165, 1.54) is 0 Å². The lowest BCUT2D eigenvalue weighted by molar-refractivity contribution is -0.129. The Labute approximate surface area is 138 Å². The highest BCUT2D eigenvalue weighted by molar-refractivity contribution is 6.74. The van der Waals surface area contributed by atoms with Gasteiger partial charge in [-0.15, -0.1) is 0 Å². The number of carbonyl (C=O) groups excluding carboxylic acids is 3. The molecule has 0 aromatic heterocycles. The summed E-state index contributed by atoms with van der Waals surface area (Å²) in [7, 11) is -1.90. The molecule has 1 heterocycles. The Morgan fingerprint density at radius 1 is 1.43 bits per heavy atom. The molecule has 0 unspecified atom stereocenters. The second kappa shape index (κ2) is 7.44. The first kappa shape index (κ1) is 19.6. The van der Waals surface area contributed by atoms with Gasteiger partial charge in [0, 0.05) is 13.0 Å². The molecule has 1 saturated heterocycles. The molecule has 0 saturated carbocycles. The van der Waals surface area contributed by atoms with E-state index in [1.54, 1.807) is 0 Å². The van der Waals surface area contributed by atoms with Gasteiger partial charge >= 0.3 is 0 Å². The molecule has 1 fully saturated rings. The van der Waals surface area contributed by atoms with Gasteiger partial charge in [-0.05, 0) is 31.0 Å². The molecule has 0 bridgehead atoms. The number of nitrogens with two attached hydrogens (primary N) is 1. The highest BCUT2D eigenvalue weighted by Crippen LogP contribution is 2.36. The topological polar surface area (TPSA) is 111 Å². The van der Waals surface area contributed by atoms with Crippen LogP contribution in [-0.2, 0) is 18.8 Å². The molecule has 23 heavy (non-hydrogen) atoms. The lowest BCUT2D eigenvalue weighted by Crippen LogP contribution is -2.51. The molecule has 7 nitrogen and oxygen atoms in total. The first-order valence-electron chi connectivity index (χ1n) is 7.97. The van der Waals surface area contributed by atoms with E-state index in [0.29, 0.717) is 25.9 Å². The van der Waals surface area contributed by atoms with Gasteiger partial charge < -0.3 is 20.8 Å². The SMILES string of the molecule is CC(C)(C)[Si](C)(C)OCC[C@H](NC(=O)[C@@H]1CCC(=O)N1)C(N)=O. The second-order valence-corrected chi connectivity index (χ2v) is 12.3. The van der Waals surface area contributed by atoms with Gasteiger partial charge in [-0.3, -0.25) is 14.4 Å². The van der Waals surface area contributed by atoms with Gasteiger partial charge in [0.15, 0.2) is 8.32 Å². The maximum Gasteiger partial charge on any atom is 0.243 e. The summed E-state index contributed by atoms with van der Waals surface area (Å²) in [6.07, 6.45) is 1.10. The first-order valence-corrected chi connectivity index (χ1v) is 10.9. The molecule has 0 aliphatic carbocycles. The number of amides is 3. The van der Waals surface area contributed by atoms with Crippen LogP contribution in [0.25, 0.3) is 0 Å². The maximum atomic E-state index is 12.1. The molecule has 0 spiro atoms.